The molecule has 0 aromatic carbocycles. The second kappa shape index (κ2) is 820. The molecule has 0 spiro atoms. The molecular weight excluding hydrogens is 1150 g/mol. The van der Waals surface area contributed by atoms with E-state index in [2.05, 4.69) is 443 Å². The van der Waals surface area contributed by atoms with Gasteiger partial charge in [-0.1, -0.05) is 649 Å². The SMILES string of the molecule is CCC.CCC.CCC.CCC.CCC.CCC.CCC.CCC.CCC.CCC.CCC.CCC.CCC.CCC.CCC.CCC.CCC.CCC.CCC.CCC.CCC.CCC.CCC.CCC.CCC.CCC.CCC.CCC.CCC.CCC.CCC.CCC. The van der Waals surface area contributed by atoms with Crippen molar-refractivity contribution in [2.75, 3.05) is 0 Å². The molecule has 640 valence electrons. The van der Waals surface area contributed by atoms with Crippen LogP contribution in [-0.4, -0.2) is 0 Å². The Labute approximate surface area is 645 Å². The van der Waals surface area contributed by atoms with Gasteiger partial charge in [0.15, 0.2) is 0 Å². The standard InChI is InChI=1S/32C3H8/c32*1-3-2/h32*3H2,1-2H3. The third-order valence-electron chi connectivity index (χ3n) is 0. The molecule has 0 fully saturated rings. The highest BCUT2D eigenvalue weighted by molar-refractivity contribution is 4.01. The summed E-state index contributed by atoms with van der Waals surface area (Å²) in [5.41, 5.74) is 0. The van der Waals surface area contributed by atoms with Crippen LogP contribution in [0.3, 0.4) is 0 Å². The summed E-state index contributed by atoms with van der Waals surface area (Å²) >= 11 is 0. The first-order valence-corrected chi connectivity index (χ1v) is 45.3. The molecular formula is C96H256. The van der Waals surface area contributed by atoms with Crippen LogP contribution in [-0.2, 0) is 0 Å². The Morgan fingerprint density at radius 2 is 0.0417 bits per heavy atom. The van der Waals surface area contributed by atoms with E-state index >= 15 is 0 Å². The zero-order chi connectivity index (χ0) is 86.6. The monoisotopic (exact) mass is 1410 g/mol. The van der Waals surface area contributed by atoms with E-state index in [9.17, 15) is 0 Å². The van der Waals surface area contributed by atoms with Crippen molar-refractivity contribution in [3.05, 3.63) is 0 Å². The summed E-state index contributed by atoms with van der Waals surface area (Å²) in [5.74, 6) is 0. The zero-order valence-electron chi connectivity index (χ0n) is 86.6. The van der Waals surface area contributed by atoms with Crippen molar-refractivity contribution in [3.8, 4) is 0 Å². The van der Waals surface area contributed by atoms with Crippen molar-refractivity contribution >= 4 is 0 Å². The highest BCUT2D eigenvalue weighted by Crippen LogP contribution is 1.65. The molecule has 0 saturated heterocycles. The molecule has 0 bridgehead atoms. The zero-order valence-corrected chi connectivity index (χ0v) is 86.6. The summed E-state index contributed by atoms with van der Waals surface area (Å²) in [4.78, 5) is 0. The third kappa shape index (κ3) is 0. The first kappa shape index (κ1) is 212. The molecule has 0 nitrogen and oxygen atoms in total. The maximum Gasteiger partial charge on any atom is -0.0590 e. The molecule has 0 rings (SSSR count). The molecule has 96 heavy (non-hydrogen) atoms. The third-order valence-corrected chi connectivity index (χ3v) is 0. The first-order chi connectivity index (χ1) is 45.3. The normalized spacial score (nSPS) is 6.00. The van der Waals surface area contributed by atoms with E-state index in [-0.39, 0.29) is 0 Å². The van der Waals surface area contributed by atoms with Crippen LogP contribution in [0.2, 0.25) is 0 Å². The quantitative estimate of drug-likeness (QED) is 0.227. The lowest BCUT2D eigenvalue weighted by Gasteiger charge is -1.48. The second-order valence-corrected chi connectivity index (χ2v) is 22.6. The van der Waals surface area contributed by atoms with Crippen molar-refractivity contribution < 1.29 is 0 Å². The second-order valence-electron chi connectivity index (χ2n) is 22.6. The van der Waals surface area contributed by atoms with Crippen LogP contribution in [0.25, 0.3) is 0 Å². The Hall–Kier alpha value is 0. The Balaban J connectivity index is -0.0000000147. The molecule has 0 unspecified atom stereocenters. The molecule has 0 aromatic rings. The summed E-state index contributed by atoms with van der Waals surface area (Å²) in [7, 11) is 0. The van der Waals surface area contributed by atoms with Crippen LogP contribution in [0.4, 0.5) is 0 Å². The molecule has 0 N–H and O–H groups in total. The van der Waals surface area contributed by atoms with Gasteiger partial charge in [-0.3, -0.25) is 0 Å². The Morgan fingerprint density at radius 1 is 0.0417 bits per heavy atom. The Kier molecular flexibility index (Phi) is 1810. The van der Waals surface area contributed by atoms with E-state index in [0.717, 1.165) is 0 Å². The van der Waals surface area contributed by atoms with Gasteiger partial charge in [0.2, 0.25) is 0 Å². The molecule has 0 aliphatic carbocycles. The first-order valence-electron chi connectivity index (χ1n) is 45.3. The van der Waals surface area contributed by atoms with Gasteiger partial charge in [0.05, 0.1) is 0 Å². The van der Waals surface area contributed by atoms with Gasteiger partial charge in [-0.25, -0.2) is 0 Å². The van der Waals surface area contributed by atoms with Gasteiger partial charge in [-0.05, 0) is 0 Å². The molecule has 0 radical (unpaired) electrons. The number of hydrogen-bond acceptors (Lipinski definition) is 0. The van der Waals surface area contributed by atoms with Crippen LogP contribution >= 0.6 is 0 Å². The minimum atomic E-state index is 1.25. The fraction of sp³-hybridized carbons (Fsp3) is 1.00. The molecule has 0 aliphatic rings. The van der Waals surface area contributed by atoms with E-state index in [0.29, 0.717) is 0 Å². The molecule has 0 amide bonds. The van der Waals surface area contributed by atoms with Crippen molar-refractivity contribution in [2.45, 2.75) is 649 Å². The van der Waals surface area contributed by atoms with Gasteiger partial charge in [0, 0.05) is 0 Å². The lowest BCUT2D eigenvalue weighted by atomic mass is 10.6. The Morgan fingerprint density at radius 3 is 0.0417 bits per heavy atom. The van der Waals surface area contributed by atoms with E-state index < -0.39 is 0 Å². The van der Waals surface area contributed by atoms with Crippen molar-refractivity contribution in [2.24, 2.45) is 0 Å². The highest BCUT2D eigenvalue weighted by atomic mass is 13.5. The van der Waals surface area contributed by atoms with Gasteiger partial charge in [-0.2, -0.15) is 0 Å². The lowest BCUT2D eigenvalue weighted by molar-refractivity contribution is 1.09. The minimum Gasteiger partial charge on any atom is -0.0656 e. The van der Waals surface area contributed by atoms with Crippen LogP contribution in [0.5, 0.6) is 0 Å². The molecule has 0 heterocycles. The molecule has 0 heteroatoms. The van der Waals surface area contributed by atoms with Gasteiger partial charge in [0.25, 0.3) is 0 Å². The minimum absolute atomic E-state index is 1.25. The maximum atomic E-state index is 2.12. The van der Waals surface area contributed by atoms with E-state index in [1.807, 2.05) is 0 Å². The summed E-state index contributed by atoms with van der Waals surface area (Å²) in [6.45, 7) is 136. The average Bonchev–Trinajstić information content (AvgIpc) is 3.46. The summed E-state index contributed by atoms with van der Waals surface area (Å²) in [6, 6.07) is 0. The van der Waals surface area contributed by atoms with Crippen LogP contribution < -0.4 is 0 Å². The summed E-state index contributed by atoms with van der Waals surface area (Å²) in [6.07, 6.45) is 40.0. The smallest absolute Gasteiger partial charge is 0.0590 e. The van der Waals surface area contributed by atoms with Crippen LogP contribution in [0.15, 0.2) is 0 Å². The topological polar surface area (TPSA) is 0 Å². The fourth-order valence-electron chi connectivity index (χ4n) is 0. The predicted molar refractivity (Wildman–Crippen MR) is 511 cm³/mol. The van der Waals surface area contributed by atoms with Crippen molar-refractivity contribution in [3.63, 3.8) is 0 Å². The van der Waals surface area contributed by atoms with Crippen molar-refractivity contribution in [1.82, 2.24) is 0 Å². The average molecular weight is 1410 g/mol. The van der Waals surface area contributed by atoms with Gasteiger partial charge >= 0.3 is 0 Å². The van der Waals surface area contributed by atoms with Gasteiger partial charge in [-0.15, -0.1) is 0 Å². The molecule has 0 atom stereocenters. The van der Waals surface area contributed by atoms with Crippen LogP contribution in [0.1, 0.15) is 649 Å². The fourth-order valence-corrected chi connectivity index (χ4v) is 0. The lowest BCUT2D eigenvalue weighted by Crippen LogP contribution is -1.27. The van der Waals surface area contributed by atoms with E-state index in [4.69, 9.17) is 0 Å². The summed E-state index contributed by atoms with van der Waals surface area (Å²) < 4.78 is 0. The van der Waals surface area contributed by atoms with Crippen LogP contribution in [0, 0.1) is 0 Å². The van der Waals surface area contributed by atoms with Crippen molar-refractivity contribution in [1.29, 1.82) is 0 Å². The number of hydrogen-bond donors (Lipinski definition) is 0. The maximum absolute atomic E-state index is 2.12. The molecule has 0 saturated carbocycles. The van der Waals surface area contributed by atoms with Gasteiger partial charge < -0.3 is 0 Å². The molecule has 0 aliphatic heterocycles. The van der Waals surface area contributed by atoms with E-state index in [1.165, 1.54) is 205 Å². The van der Waals surface area contributed by atoms with E-state index in [1.54, 1.807) is 0 Å². The Bertz CT molecular complexity index is 160. The molecule has 0 aromatic heterocycles. The highest BCUT2D eigenvalue weighted by Gasteiger charge is 1.44. The predicted octanol–water partition coefficient (Wildman–Crippen LogP) is 45.3. The van der Waals surface area contributed by atoms with Gasteiger partial charge in [0.1, 0.15) is 0 Å². The largest absolute Gasteiger partial charge is 0.0656 e. The summed E-state index contributed by atoms with van der Waals surface area (Å²) in [5, 5.41) is 0. The number of rotatable bonds is 0.